The van der Waals surface area contributed by atoms with Crippen molar-refractivity contribution in [3.05, 3.63) is 33.4 Å². The van der Waals surface area contributed by atoms with Gasteiger partial charge in [-0.05, 0) is 68.4 Å². The number of hydrogen-bond donors (Lipinski definition) is 1. The summed E-state index contributed by atoms with van der Waals surface area (Å²) in [6.07, 6.45) is 0. The minimum Gasteiger partial charge on any atom is -0.452 e. The average molecular weight is 305 g/mol. The third-order valence-corrected chi connectivity index (χ3v) is 4.25. The van der Waals surface area contributed by atoms with Gasteiger partial charge in [-0.1, -0.05) is 13.8 Å². The van der Waals surface area contributed by atoms with Crippen LogP contribution in [0.5, 0.6) is 0 Å². The Labute approximate surface area is 133 Å². The van der Waals surface area contributed by atoms with Crippen LogP contribution in [0.3, 0.4) is 0 Å². The molecule has 0 aliphatic heterocycles. The fraction of sp³-hybridized carbons (Fsp3) is 0.556. The molecule has 0 aliphatic carbocycles. The van der Waals surface area contributed by atoms with E-state index in [1.54, 1.807) is 0 Å². The van der Waals surface area contributed by atoms with Crippen molar-refractivity contribution in [2.45, 2.75) is 48.5 Å². The van der Waals surface area contributed by atoms with Crippen molar-refractivity contribution in [1.29, 1.82) is 0 Å². The maximum atomic E-state index is 12.3. The quantitative estimate of drug-likeness (QED) is 0.850. The van der Waals surface area contributed by atoms with E-state index in [0.29, 0.717) is 18.0 Å². The lowest BCUT2D eigenvalue weighted by atomic mass is 9.90. The molecule has 0 spiro atoms. The number of rotatable bonds is 5. The Morgan fingerprint density at radius 2 is 1.36 bits per heavy atom. The number of carbonyl (C=O) groups is 2. The highest BCUT2D eigenvalue weighted by molar-refractivity contribution is 5.95. The number of nitrogens with one attached hydrogen (secondary N) is 1. The lowest BCUT2D eigenvalue weighted by molar-refractivity contribution is -0.124. The van der Waals surface area contributed by atoms with Crippen molar-refractivity contribution in [3.8, 4) is 0 Å². The summed E-state index contributed by atoms with van der Waals surface area (Å²) in [7, 11) is 0. The van der Waals surface area contributed by atoms with Crippen LogP contribution in [0.15, 0.2) is 0 Å². The molecule has 4 nitrogen and oxygen atoms in total. The van der Waals surface area contributed by atoms with Crippen molar-refractivity contribution < 1.29 is 14.3 Å². The van der Waals surface area contributed by atoms with E-state index in [9.17, 15) is 9.59 Å². The molecule has 0 heterocycles. The van der Waals surface area contributed by atoms with Gasteiger partial charge in [-0.15, -0.1) is 0 Å². The molecule has 1 rings (SSSR count). The fourth-order valence-electron chi connectivity index (χ4n) is 2.38. The standard InChI is InChI=1S/C18H27NO3/c1-10(2)8-19-16(20)9-22-18(21)17-14(6)12(4)11(3)13(5)15(17)7/h10H,8-9H2,1-7H3,(H,19,20). The molecule has 0 aliphatic rings. The van der Waals surface area contributed by atoms with E-state index >= 15 is 0 Å². The molecule has 0 saturated heterocycles. The number of amides is 1. The Morgan fingerprint density at radius 1 is 0.909 bits per heavy atom. The van der Waals surface area contributed by atoms with Gasteiger partial charge in [-0.2, -0.15) is 0 Å². The second kappa shape index (κ2) is 7.43. The first kappa shape index (κ1) is 18.2. The highest BCUT2D eigenvalue weighted by Crippen LogP contribution is 2.26. The zero-order valence-electron chi connectivity index (χ0n) is 14.7. The van der Waals surface area contributed by atoms with Crippen LogP contribution in [-0.2, 0) is 9.53 Å². The topological polar surface area (TPSA) is 55.4 Å². The summed E-state index contributed by atoms with van der Waals surface area (Å²) < 4.78 is 5.18. The van der Waals surface area contributed by atoms with Crippen molar-refractivity contribution in [1.82, 2.24) is 5.32 Å². The molecular formula is C18H27NO3. The molecule has 122 valence electrons. The van der Waals surface area contributed by atoms with Gasteiger partial charge in [0, 0.05) is 6.54 Å². The zero-order chi connectivity index (χ0) is 17.0. The molecule has 0 bridgehead atoms. The number of ether oxygens (including phenoxy) is 1. The van der Waals surface area contributed by atoms with E-state index in [4.69, 9.17) is 4.74 Å². The molecular weight excluding hydrogens is 278 g/mol. The summed E-state index contributed by atoms with van der Waals surface area (Å²) in [5, 5.41) is 2.73. The van der Waals surface area contributed by atoms with Crippen LogP contribution in [0.4, 0.5) is 0 Å². The molecule has 1 aromatic carbocycles. The van der Waals surface area contributed by atoms with Crippen LogP contribution >= 0.6 is 0 Å². The molecule has 0 aromatic heterocycles. The van der Waals surface area contributed by atoms with E-state index in [2.05, 4.69) is 12.2 Å². The molecule has 1 amide bonds. The molecule has 0 atom stereocenters. The first-order valence-electron chi connectivity index (χ1n) is 7.67. The second-order valence-corrected chi connectivity index (χ2v) is 6.27. The van der Waals surface area contributed by atoms with Gasteiger partial charge < -0.3 is 10.1 Å². The normalized spacial score (nSPS) is 10.7. The Balaban J connectivity index is 2.85. The molecule has 0 radical (unpaired) electrons. The number of esters is 1. The summed E-state index contributed by atoms with van der Waals surface area (Å²) in [6, 6.07) is 0. The molecule has 4 heteroatoms. The van der Waals surface area contributed by atoms with Crippen molar-refractivity contribution in [2.24, 2.45) is 5.92 Å². The van der Waals surface area contributed by atoms with Crippen molar-refractivity contribution in [3.63, 3.8) is 0 Å². The van der Waals surface area contributed by atoms with Crippen LogP contribution in [-0.4, -0.2) is 25.0 Å². The van der Waals surface area contributed by atoms with Gasteiger partial charge in [0.15, 0.2) is 6.61 Å². The van der Waals surface area contributed by atoms with E-state index in [1.165, 1.54) is 5.56 Å². The van der Waals surface area contributed by atoms with Crippen LogP contribution in [0.2, 0.25) is 0 Å². The summed E-state index contributed by atoms with van der Waals surface area (Å²) >= 11 is 0. The van der Waals surface area contributed by atoms with Gasteiger partial charge in [0.1, 0.15) is 0 Å². The average Bonchev–Trinajstić information content (AvgIpc) is 2.47. The lowest BCUT2D eigenvalue weighted by Gasteiger charge is -2.17. The summed E-state index contributed by atoms with van der Waals surface area (Å²) in [5.74, 6) is -0.328. The third-order valence-electron chi connectivity index (χ3n) is 4.25. The predicted molar refractivity (Wildman–Crippen MR) is 88.3 cm³/mol. The van der Waals surface area contributed by atoms with Gasteiger partial charge in [-0.3, -0.25) is 4.79 Å². The van der Waals surface area contributed by atoms with E-state index in [0.717, 1.165) is 22.3 Å². The minimum atomic E-state index is -0.430. The smallest absolute Gasteiger partial charge is 0.339 e. The van der Waals surface area contributed by atoms with Crippen LogP contribution in [0.1, 0.15) is 52.0 Å². The Bertz CT molecular complexity index is 559. The van der Waals surface area contributed by atoms with Gasteiger partial charge in [-0.25, -0.2) is 4.79 Å². The predicted octanol–water partition coefficient (Wildman–Crippen LogP) is 3.16. The third kappa shape index (κ3) is 4.09. The first-order chi connectivity index (χ1) is 10.2. The highest BCUT2D eigenvalue weighted by atomic mass is 16.5. The number of benzene rings is 1. The monoisotopic (exact) mass is 305 g/mol. The van der Waals surface area contributed by atoms with Gasteiger partial charge >= 0.3 is 5.97 Å². The second-order valence-electron chi connectivity index (χ2n) is 6.27. The Morgan fingerprint density at radius 3 is 1.82 bits per heavy atom. The molecule has 0 unspecified atom stereocenters. The summed E-state index contributed by atoms with van der Waals surface area (Å²) in [5.41, 5.74) is 5.82. The van der Waals surface area contributed by atoms with Gasteiger partial charge in [0.2, 0.25) is 0 Å². The van der Waals surface area contributed by atoms with E-state index in [-0.39, 0.29) is 12.5 Å². The van der Waals surface area contributed by atoms with Crippen LogP contribution in [0, 0.1) is 40.5 Å². The maximum Gasteiger partial charge on any atom is 0.339 e. The zero-order valence-corrected chi connectivity index (χ0v) is 14.7. The Hall–Kier alpha value is -1.84. The van der Waals surface area contributed by atoms with Crippen molar-refractivity contribution in [2.75, 3.05) is 13.2 Å². The number of hydrogen-bond acceptors (Lipinski definition) is 3. The molecule has 0 saturated carbocycles. The first-order valence-corrected chi connectivity index (χ1v) is 7.67. The van der Waals surface area contributed by atoms with Crippen LogP contribution < -0.4 is 5.32 Å². The molecule has 0 fully saturated rings. The molecule has 22 heavy (non-hydrogen) atoms. The number of carbonyl (C=O) groups excluding carboxylic acids is 2. The summed E-state index contributed by atoms with van der Waals surface area (Å²) in [4.78, 5) is 24.0. The largest absolute Gasteiger partial charge is 0.452 e. The van der Waals surface area contributed by atoms with E-state index in [1.807, 2.05) is 41.5 Å². The lowest BCUT2D eigenvalue weighted by Crippen LogP contribution is -2.31. The van der Waals surface area contributed by atoms with Gasteiger partial charge in [0.05, 0.1) is 5.56 Å². The van der Waals surface area contributed by atoms with Crippen LogP contribution in [0.25, 0.3) is 0 Å². The highest BCUT2D eigenvalue weighted by Gasteiger charge is 2.20. The summed E-state index contributed by atoms with van der Waals surface area (Å²) in [6.45, 7) is 14.3. The molecule has 1 N–H and O–H groups in total. The Kier molecular flexibility index (Phi) is 6.15. The maximum absolute atomic E-state index is 12.3. The fourth-order valence-corrected chi connectivity index (χ4v) is 2.38. The van der Waals surface area contributed by atoms with E-state index < -0.39 is 5.97 Å². The SMILES string of the molecule is Cc1c(C)c(C)c(C(=O)OCC(=O)NCC(C)C)c(C)c1C. The van der Waals surface area contributed by atoms with Crippen molar-refractivity contribution >= 4 is 11.9 Å². The minimum absolute atomic E-state index is 0.240. The van der Waals surface area contributed by atoms with Gasteiger partial charge in [0.25, 0.3) is 5.91 Å². The molecule has 1 aromatic rings.